The normalized spacial score (nSPS) is 15.5. The SMILES string of the molecule is O=S(=O)(Nc1nc2c(s1)CNCC2)c1cc(C(F)(F)F)cc(C(F)(F)F)c1. The monoisotopic (exact) mass is 431 g/mol. The number of aromatic nitrogens is 1. The van der Waals surface area contributed by atoms with Crippen molar-refractivity contribution >= 4 is 26.5 Å². The van der Waals surface area contributed by atoms with E-state index in [-0.39, 0.29) is 23.3 Å². The molecule has 27 heavy (non-hydrogen) atoms. The summed E-state index contributed by atoms with van der Waals surface area (Å²) in [5.41, 5.74) is -2.78. The Bertz CT molecular complexity index is 910. The zero-order valence-electron chi connectivity index (χ0n) is 13.2. The predicted molar refractivity (Wildman–Crippen MR) is 84.8 cm³/mol. The fourth-order valence-corrected chi connectivity index (χ4v) is 4.71. The van der Waals surface area contributed by atoms with Gasteiger partial charge in [-0.15, -0.1) is 0 Å². The van der Waals surface area contributed by atoms with E-state index < -0.39 is 38.4 Å². The van der Waals surface area contributed by atoms with Gasteiger partial charge in [-0.05, 0) is 18.2 Å². The first-order chi connectivity index (χ1) is 12.4. The molecular weight excluding hydrogens is 420 g/mol. The van der Waals surface area contributed by atoms with Crippen molar-refractivity contribution in [3.05, 3.63) is 39.9 Å². The molecule has 1 aliphatic heterocycles. The molecule has 13 heteroatoms. The Morgan fingerprint density at radius 3 is 2.15 bits per heavy atom. The molecule has 0 unspecified atom stereocenters. The summed E-state index contributed by atoms with van der Waals surface area (Å²) in [6.45, 7) is 1.09. The Kier molecular flexibility index (Phi) is 4.89. The molecule has 0 bridgehead atoms. The Morgan fingerprint density at radius 1 is 1.04 bits per heavy atom. The fraction of sp³-hybridized carbons (Fsp3) is 0.357. The first kappa shape index (κ1) is 19.9. The number of benzene rings is 1. The van der Waals surface area contributed by atoms with E-state index in [4.69, 9.17) is 0 Å². The zero-order chi connectivity index (χ0) is 20.0. The summed E-state index contributed by atoms with van der Waals surface area (Å²) < 4.78 is 104. The van der Waals surface area contributed by atoms with E-state index >= 15 is 0 Å². The van der Waals surface area contributed by atoms with Gasteiger partial charge < -0.3 is 5.32 Å². The van der Waals surface area contributed by atoms with Gasteiger partial charge >= 0.3 is 12.4 Å². The maximum atomic E-state index is 12.9. The van der Waals surface area contributed by atoms with Crippen molar-refractivity contribution in [3.8, 4) is 0 Å². The van der Waals surface area contributed by atoms with E-state index in [1.165, 1.54) is 0 Å². The van der Waals surface area contributed by atoms with Crippen molar-refractivity contribution in [1.29, 1.82) is 0 Å². The Balaban J connectivity index is 2.01. The van der Waals surface area contributed by atoms with Gasteiger partial charge in [-0.25, -0.2) is 13.4 Å². The summed E-state index contributed by atoms with van der Waals surface area (Å²) in [6.07, 6.45) is -9.75. The number of thiazole rings is 1. The maximum absolute atomic E-state index is 12.9. The molecule has 0 aliphatic carbocycles. The van der Waals surface area contributed by atoms with Crippen molar-refractivity contribution < 1.29 is 34.8 Å². The molecular formula is C14H11F6N3O2S2. The summed E-state index contributed by atoms with van der Waals surface area (Å²) in [6, 6.07) is 0.187. The van der Waals surface area contributed by atoms with Crippen LogP contribution < -0.4 is 10.0 Å². The Morgan fingerprint density at radius 2 is 1.63 bits per heavy atom. The lowest BCUT2D eigenvalue weighted by atomic mass is 10.1. The van der Waals surface area contributed by atoms with Gasteiger partial charge in [0, 0.05) is 24.4 Å². The lowest BCUT2D eigenvalue weighted by molar-refractivity contribution is -0.143. The van der Waals surface area contributed by atoms with Crippen LogP contribution in [0.3, 0.4) is 0 Å². The summed E-state index contributed by atoms with van der Waals surface area (Å²) in [5, 5.41) is 2.92. The van der Waals surface area contributed by atoms with Crippen LogP contribution in [-0.2, 0) is 35.3 Å². The highest BCUT2D eigenvalue weighted by molar-refractivity contribution is 7.93. The standard InChI is InChI=1S/C14H11F6N3O2S2/c15-13(16,17)7-3-8(14(18,19)20)5-9(4-7)27(24,25)23-12-22-10-1-2-21-6-11(10)26-12/h3-5,21H,1-2,6H2,(H,22,23). The van der Waals surface area contributed by atoms with Gasteiger partial charge in [-0.1, -0.05) is 11.3 Å². The minimum absolute atomic E-state index is 0.116. The molecule has 5 nitrogen and oxygen atoms in total. The molecule has 0 atom stereocenters. The van der Waals surface area contributed by atoms with Crippen molar-refractivity contribution in [3.63, 3.8) is 0 Å². The number of hydrogen-bond acceptors (Lipinski definition) is 5. The molecule has 3 rings (SSSR count). The number of alkyl halides is 6. The maximum Gasteiger partial charge on any atom is 0.416 e. The van der Waals surface area contributed by atoms with E-state index in [1.54, 1.807) is 0 Å². The van der Waals surface area contributed by atoms with Crippen LogP contribution in [0.5, 0.6) is 0 Å². The number of anilines is 1. The first-order valence-electron chi connectivity index (χ1n) is 7.38. The molecule has 0 saturated carbocycles. The van der Waals surface area contributed by atoms with Crippen LogP contribution >= 0.6 is 11.3 Å². The van der Waals surface area contributed by atoms with Crippen LogP contribution in [0.4, 0.5) is 31.5 Å². The van der Waals surface area contributed by atoms with Crippen molar-refractivity contribution in [1.82, 2.24) is 10.3 Å². The summed E-state index contributed by atoms with van der Waals surface area (Å²) in [4.78, 5) is 3.65. The third-order valence-electron chi connectivity index (χ3n) is 3.70. The molecule has 2 aromatic rings. The number of hydrogen-bond donors (Lipinski definition) is 2. The van der Waals surface area contributed by atoms with Crippen LogP contribution in [0.1, 0.15) is 21.7 Å². The quantitative estimate of drug-likeness (QED) is 0.729. The Labute approximate surface area is 153 Å². The molecule has 148 valence electrons. The molecule has 0 spiro atoms. The van der Waals surface area contributed by atoms with Crippen LogP contribution in [0.25, 0.3) is 0 Å². The molecule has 0 radical (unpaired) electrons. The predicted octanol–water partition coefficient (Wildman–Crippen LogP) is 3.63. The van der Waals surface area contributed by atoms with E-state index in [2.05, 4.69) is 10.3 Å². The van der Waals surface area contributed by atoms with Crippen LogP contribution in [0, 0.1) is 0 Å². The largest absolute Gasteiger partial charge is 0.416 e. The second-order valence-electron chi connectivity index (χ2n) is 5.66. The van der Waals surface area contributed by atoms with Gasteiger partial charge in [0.2, 0.25) is 0 Å². The minimum atomic E-state index is -5.14. The van der Waals surface area contributed by atoms with E-state index in [0.29, 0.717) is 25.2 Å². The highest BCUT2D eigenvalue weighted by atomic mass is 32.2. The molecule has 0 saturated heterocycles. The highest BCUT2D eigenvalue weighted by Crippen LogP contribution is 2.37. The topological polar surface area (TPSA) is 71.1 Å². The smallest absolute Gasteiger partial charge is 0.311 e. The van der Waals surface area contributed by atoms with Gasteiger partial charge in [0.05, 0.1) is 21.7 Å². The van der Waals surface area contributed by atoms with Crippen LogP contribution in [0.15, 0.2) is 23.1 Å². The number of halogens is 6. The van der Waals surface area contributed by atoms with E-state index in [9.17, 15) is 34.8 Å². The number of fused-ring (bicyclic) bond motifs is 1. The van der Waals surface area contributed by atoms with Crippen molar-refractivity contribution in [2.75, 3.05) is 11.3 Å². The average molecular weight is 431 g/mol. The highest BCUT2D eigenvalue weighted by Gasteiger charge is 2.38. The van der Waals surface area contributed by atoms with Gasteiger partial charge in [0.15, 0.2) is 5.13 Å². The minimum Gasteiger partial charge on any atom is -0.311 e. The van der Waals surface area contributed by atoms with Gasteiger partial charge in [0.1, 0.15) is 0 Å². The lowest BCUT2D eigenvalue weighted by Gasteiger charge is -2.14. The first-order valence-corrected chi connectivity index (χ1v) is 9.68. The molecule has 2 heterocycles. The number of nitrogens with zero attached hydrogens (tertiary/aromatic N) is 1. The summed E-state index contributed by atoms with van der Waals surface area (Å²) in [5.74, 6) is 0. The average Bonchev–Trinajstić information content (AvgIpc) is 2.94. The molecule has 1 aromatic carbocycles. The number of rotatable bonds is 3. The van der Waals surface area contributed by atoms with Gasteiger partial charge in [-0.3, -0.25) is 4.72 Å². The summed E-state index contributed by atoms with van der Waals surface area (Å²) in [7, 11) is -4.70. The molecule has 0 fully saturated rings. The van der Waals surface area contributed by atoms with Crippen molar-refractivity contribution in [2.45, 2.75) is 30.2 Å². The second kappa shape index (κ2) is 6.63. The molecule has 1 aliphatic rings. The summed E-state index contributed by atoms with van der Waals surface area (Å²) >= 11 is 0.968. The Hall–Kier alpha value is -1.86. The van der Waals surface area contributed by atoms with Crippen LogP contribution in [-0.4, -0.2) is 19.9 Å². The number of sulfonamides is 1. The van der Waals surface area contributed by atoms with Gasteiger partial charge in [-0.2, -0.15) is 26.3 Å². The zero-order valence-corrected chi connectivity index (χ0v) is 14.8. The fourth-order valence-electron chi connectivity index (χ4n) is 2.42. The van der Waals surface area contributed by atoms with E-state index in [1.807, 2.05) is 4.72 Å². The van der Waals surface area contributed by atoms with Gasteiger partial charge in [0.25, 0.3) is 10.0 Å². The third kappa shape index (κ3) is 4.35. The van der Waals surface area contributed by atoms with Crippen molar-refractivity contribution in [2.24, 2.45) is 0 Å². The second-order valence-corrected chi connectivity index (χ2v) is 8.43. The third-order valence-corrected chi connectivity index (χ3v) is 6.16. The number of nitrogens with one attached hydrogen (secondary N) is 2. The molecule has 0 amide bonds. The molecule has 1 aromatic heterocycles. The van der Waals surface area contributed by atoms with Crippen LogP contribution in [0.2, 0.25) is 0 Å². The lowest BCUT2D eigenvalue weighted by Crippen LogP contribution is -2.22. The molecule has 2 N–H and O–H groups in total. The van der Waals surface area contributed by atoms with E-state index in [0.717, 1.165) is 16.2 Å².